The molecule has 0 aromatic heterocycles. The van der Waals surface area contributed by atoms with Gasteiger partial charge in [-0.15, -0.1) is 0 Å². The first-order chi connectivity index (χ1) is 8.98. The Morgan fingerprint density at radius 3 is 2.10 bits per heavy atom. The molecule has 0 aromatic carbocycles. The number of sulfone groups is 1. The minimum absolute atomic E-state index is 0.0477. The van der Waals surface area contributed by atoms with Gasteiger partial charge in [-0.1, -0.05) is 6.92 Å². The molecule has 0 heterocycles. The maximum atomic E-state index is 12.1. The number of nitrogens with zero attached hydrogens (tertiary/aromatic N) is 2. The van der Waals surface area contributed by atoms with Crippen LogP contribution in [0.15, 0.2) is 0 Å². The molecule has 118 valence electrons. The molecule has 11 heteroatoms. The Kier molecular flexibility index (Phi) is 6.92. The van der Waals surface area contributed by atoms with Crippen molar-refractivity contribution in [1.82, 2.24) is 4.31 Å². The highest BCUT2D eigenvalue weighted by Crippen LogP contribution is 2.24. The largest absolute Gasteiger partial charge is 0.497 e. The summed E-state index contributed by atoms with van der Waals surface area (Å²) in [5, 5.41) is 8.37. The lowest BCUT2D eigenvalue weighted by molar-refractivity contribution is -0.0435. The fourth-order valence-corrected chi connectivity index (χ4v) is 3.81. The molecule has 0 unspecified atom stereocenters. The van der Waals surface area contributed by atoms with Crippen LogP contribution in [0.1, 0.15) is 19.8 Å². The molecular formula is C9H15F3N2O4S2. The van der Waals surface area contributed by atoms with Crippen molar-refractivity contribution in [2.24, 2.45) is 0 Å². The van der Waals surface area contributed by atoms with Crippen LogP contribution in [0.3, 0.4) is 0 Å². The van der Waals surface area contributed by atoms with E-state index >= 15 is 0 Å². The first-order valence-corrected chi connectivity index (χ1v) is 8.88. The number of alkyl halides is 3. The van der Waals surface area contributed by atoms with Crippen molar-refractivity contribution < 1.29 is 30.0 Å². The van der Waals surface area contributed by atoms with Crippen LogP contribution in [-0.2, 0) is 19.9 Å². The Hall–Kier alpha value is -0.860. The molecular weight excluding hydrogens is 321 g/mol. The average Bonchev–Trinajstić information content (AvgIpc) is 2.27. The third-order valence-corrected chi connectivity index (χ3v) is 5.95. The molecule has 0 aromatic rings. The summed E-state index contributed by atoms with van der Waals surface area (Å²) < 4.78 is 82.2. The highest BCUT2D eigenvalue weighted by Gasteiger charge is 2.45. The van der Waals surface area contributed by atoms with Crippen LogP contribution < -0.4 is 0 Å². The number of hydrogen-bond acceptors (Lipinski definition) is 5. The molecule has 0 bridgehead atoms. The minimum atomic E-state index is -5.37. The molecule has 0 saturated heterocycles. The number of nitriles is 1. The van der Waals surface area contributed by atoms with Crippen LogP contribution in [0, 0.1) is 11.3 Å². The van der Waals surface area contributed by atoms with Crippen LogP contribution in [-0.4, -0.2) is 51.2 Å². The predicted molar refractivity (Wildman–Crippen MR) is 65.7 cm³/mol. The van der Waals surface area contributed by atoms with E-state index in [1.54, 1.807) is 6.07 Å². The summed E-state index contributed by atoms with van der Waals surface area (Å²) in [5.74, 6) is -1.98. The number of rotatable bonds is 8. The van der Waals surface area contributed by atoms with E-state index in [0.717, 1.165) is 4.31 Å². The van der Waals surface area contributed by atoms with Gasteiger partial charge in [0.15, 0.2) is 0 Å². The Bertz CT molecular complexity index is 549. The third-order valence-electron chi connectivity index (χ3n) is 2.39. The first-order valence-electron chi connectivity index (χ1n) is 5.61. The van der Waals surface area contributed by atoms with Crippen molar-refractivity contribution in [3.05, 3.63) is 0 Å². The van der Waals surface area contributed by atoms with Crippen molar-refractivity contribution in [3.63, 3.8) is 0 Å². The van der Waals surface area contributed by atoms with Crippen LogP contribution in [0.25, 0.3) is 0 Å². The Morgan fingerprint density at radius 1 is 1.15 bits per heavy atom. The van der Waals surface area contributed by atoms with Gasteiger partial charge in [0.25, 0.3) is 0 Å². The summed E-state index contributed by atoms with van der Waals surface area (Å²) in [6.07, 6.45) is -0.693. The molecule has 20 heavy (non-hydrogen) atoms. The molecule has 0 amide bonds. The maximum absolute atomic E-state index is 12.1. The van der Waals surface area contributed by atoms with E-state index < -0.39 is 43.3 Å². The molecule has 0 aliphatic heterocycles. The van der Waals surface area contributed by atoms with Crippen molar-refractivity contribution >= 4 is 19.9 Å². The van der Waals surface area contributed by atoms with E-state index in [2.05, 4.69) is 0 Å². The van der Waals surface area contributed by atoms with Gasteiger partial charge in [0.2, 0.25) is 19.9 Å². The zero-order valence-electron chi connectivity index (χ0n) is 10.7. The van der Waals surface area contributed by atoms with E-state index in [1.807, 2.05) is 0 Å². The number of hydrogen-bond donors (Lipinski definition) is 0. The Labute approximate surface area is 116 Å². The summed E-state index contributed by atoms with van der Waals surface area (Å²) in [6.45, 7) is 1.51. The standard InChI is InChI=1S/C9H15F3N2O4S2/c1-2-14(6-3-5-13)20(17,18)8-4-7-19(15,16)9(10,11)12/h2-4,6-8H2,1H3. The van der Waals surface area contributed by atoms with Gasteiger partial charge < -0.3 is 0 Å². The van der Waals surface area contributed by atoms with Crippen molar-refractivity contribution in [2.45, 2.75) is 25.3 Å². The van der Waals surface area contributed by atoms with Gasteiger partial charge >= 0.3 is 5.51 Å². The van der Waals surface area contributed by atoms with Gasteiger partial charge in [-0.3, -0.25) is 0 Å². The molecule has 0 N–H and O–H groups in total. The molecule has 0 fully saturated rings. The molecule has 0 radical (unpaired) electrons. The fraction of sp³-hybridized carbons (Fsp3) is 0.889. The fourth-order valence-electron chi connectivity index (χ4n) is 1.34. The van der Waals surface area contributed by atoms with Crippen LogP contribution in [0.2, 0.25) is 0 Å². The van der Waals surface area contributed by atoms with E-state index in [0.29, 0.717) is 0 Å². The monoisotopic (exact) mass is 336 g/mol. The van der Waals surface area contributed by atoms with Gasteiger partial charge in [0.05, 0.1) is 17.6 Å². The summed E-state index contributed by atoms with van der Waals surface area (Å²) in [4.78, 5) is 0. The van der Waals surface area contributed by atoms with Gasteiger partial charge in [0.1, 0.15) is 0 Å². The SMILES string of the molecule is CCN(CCC#N)S(=O)(=O)CCCS(=O)(=O)C(F)(F)F. The van der Waals surface area contributed by atoms with E-state index in [1.165, 1.54) is 6.92 Å². The molecule has 0 saturated carbocycles. The average molecular weight is 336 g/mol. The lowest BCUT2D eigenvalue weighted by Gasteiger charge is -2.19. The molecule has 0 rings (SSSR count). The summed E-state index contributed by atoms with van der Waals surface area (Å²) in [5.41, 5.74) is -5.37. The second-order valence-electron chi connectivity index (χ2n) is 3.83. The first kappa shape index (κ1) is 19.1. The molecule has 0 aliphatic rings. The molecule has 6 nitrogen and oxygen atoms in total. The zero-order chi connectivity index (χ0) is 16.0. The van der Waals surface area contributed by atoms with Crippen molar-refractivity contribution in [3.8, 4) is 6.07 Å². The van der Waals surface area contributed by atoms with Crippen molar-refractivity contribution in [2.75, 3.05) is 24.6 Å². The van der Waals surface area contributed by atoms with Gasteiger partial charge in [-0.25, -0.2) is 21.1 Å². The quantitative estimate of drug-likeness (QED) is 0.655. The van der Waals surface area contributed by atoms with Gasteiger partial charge in [-0.05, 0) is 6.42 Å². The Balaban J connectivity index is 4.62. The second kappa shape index (κ2) is 7.24. The Morgan fingerprint density at radius 2 is 1.70 bits per heavy atom. The van der Waals surface area contributed by atoms with Gasteiger partial charge in [0, 0.05) is 19.5 Å². The maximum Gasteiger partial charge on any atom is 0.497 e. The highest BCUT2D eigenvalue weighted by atomic mass is 32.2. The van der Waals surface area contributed by atoms with Crippen LogP contribution in [0.5, 0.6) is 0 Å². The normalized spacial score (nSPS) is 13.4. The van der Waals surface area contributed by atoms with Gasteiger partial charge in [-0.2, -0.15) is 18.4 Å². The summed E-state index contributed by atoms with van der Waals surface area (Å²) in [6, 6.07) is 1.75. The summed E-state index contributed by atoms with van der Waals surface area (Å²) in [7, 11) is -9.17. The van der Waals surface area contributed by atoms with E-state index in [9.17, 15) is 30.0 Å². The molecule has 0 aliphatic carbocycles. The molecule has 0 atom stereocenters. The number of sulfonamides is 1. The van der Waals surface area contributed by atoms with E-state index in [-0.39, 0.29) is 19.5 Å². The highest BCUT2D eigenvalue weighted by molar-refractivity contribution is 7.92. The topological polar surface area (TPSA) is 95.3 Å². The van der Waals surface area contributed by atoms with Crippen LogP contribution >= 0.6 is 0 Å². The smallest absolute Gasteiger partial charge is 0.220 e. The number of halogens is 3. The minimum Gasteiger partial charge on any atom is -0.220 e. The zero-order valence-corrected chi connectivity index (χ0v) is 12.4. The molecule has 0 spiro atoms. The van der Waals surface area contributed by atoms with Crippen molar-refractivity contribution in [1.29, 1.82) is 5.26 Å². The lowest BCUT2D eigenvalue weighted by atomic mass is 10.5. The lowest BCUT2D eigenvalue weighted by Crippen LogP contribution is -2.35. The second-order valence-corrected chi connectivity index (χ2v) is 8.02. The van der Waals surface area contributed by atoms with Crippen LogP contribution in [0.4, 0.5) is 13.2 Å². The predicted octanol–water partition coefficient (Wildman–Crippen LogP) is 0.876. The summed E-state index contributed by atoms with van der Waals surface area (Å²) >= 11 is 0. The third kappa shape index (κ3) is 5.64. The van der Waals surface area contributed by atoms with E-state index in [4.69, 9.17) is 5.26 Å².